The number of carbonyl (C=O) groups excluding carboxylic acids is 1. The van der Waals surface area contributed by atoms with Gasteiger partial charge in [-0.15, -0.1) is 0 Å². The van der Waals surface area contributed by atoms with Crippen molar-refractivity contribution in [2.45, 2.75) is 18.9 Å². The first-order chi connectivity index (χ1) is 10.3. The lowest BCUT2D eigenvalue weighted by molar-refractivity contribution is -0.122. The normalized spacial score (nSPS) is 17.4. The third kappa shape index (κ3) is 2.99. The number of carbonyl (C=O) groups is 1. The number of benzene rings is 2. The Hall–Kier alpha value is -2.49. The zero-order valence-electron chi connectivity index (χ0n) is 11.8. The first kappa shape index (κ1) is 13.5. The Kier molecular flexibility index (Phi) is 3.77. The van der Waals surface area contributed by atoms with Crippen molar-refractivity contribution in [1.29, 1.82) is 0 Å². The van der Waals surface area contributed by atoms with Gasteiger partial charge < -0.3 is 14.8 Å². The van der Waals surface area contributed by atoms with Gasteiger partial charge >= 0.3 is 0 Å². The molecule has 1 amide bonds. The van der Waals surface area contributed by atoms with Gasteiger partial charge in [-0.3, -0.25) is 4.79 Å². The van der Waals surface area contributed by atoms with Crippen molar-refractivity contribution in [2.75, 3.05) is 12.4 Å². The van der Waals surface area contributed by atoms with Crippen LogP contribution < -0.4 is 14.8 Å². The van der Waals surface area contributed by atoms with Gasteiger partial charge in [0.15, 0.2) is 6.10 Å². The number of rotatable bonds is 3. The molecular formula is C17H17NO3. The quantitative estimate of drug-likeness (QED) is 0.942. The number of para-hydroxylation sites is 1. The SMILES string of the molecule is COc1ccc(OC2CCc3ccccc3NC2=O)cc1. The smallest absolute Gasteiger partial charge is 0.265 e. The van der Waals surface area contributed by atoms with Crippen molar-refractivity contribution in [3.05, 3.63) is 54.1 Å². The summed E-state index contributed by atoms with van der Waals surface area (Å²) in [6, 6.07) is 15.1. The van der Waals surface area contributed by atoms with Gasteiger partial charge in [0.05, 0.1) is 7.11 Å². The van der Waals surface area contributed by atoms with E-state index < -0.39 is 6.10 Å². The van der Waals surface area contributed by atoms with E-state index in [9.17, 15) is 4.79 Å². The van der Waals surface area contributed by atoms with Crippen LogP contribution in [-0.4, -0.2) is 19.1 Å². The number of nitrogens with one attached hydrogen (secondary N) is 1. The number of hydrogen-bond acceptors (Lipinski definition) is 3. The monoisotopic (exact) mass is 283 g/mol. The van der Waals surface area contributed by atoms with E-state index in [0.29, 0.717) is 12.2 Å². The Balaban J connectivity index is 1.73. The predicted molar refractivity (Wildman–Crippen MR) is 80.8 cm³/mol. The van der Waals surface area contributed by atoms with E-state index in [-0.39, 0.29) is 5.91 Å². The number of hydrogen-bond donors (Lipinski definition) is 1. The first-order valence-corrected chi connectivity index (χ1v) is 6.96. The lowest BCUT2D eigenvalue weighted by Gasteiger charge is -2.16. The van der Waals surface area contributed by atoms with Crippen molar-refractivity contribution in [3.8, 4) is 11.5 Å². The second kappa shape index (κ2) is 5.87. The third-order valence-electron chi connectivity index (χ3n) is 3.58. The molecule has 0 radical (unpaired) electrons. The van der Waals surface area contributed by atoms with Crippen LogP contribution >= 0.6 is 0 Å². The van der Waals surface area contributed by atoms with Crippen molar-refractivity contribution >= 4 is 11.6 Å². The Bertz CT molecular complexity index is 637. The van der Waals surface area contributed by atoms with Gasteiger partial charge in [-0.25, -0.2) is 0 Å². The highest BCUT2D eigenvalue weighted by atomic mass is 16.5. The minimum Gasteiger partial charge on any atom is -0.497 e. The standard InChI is InChI=1S/C17H17NO3/c1-20-13-7-9-14(10-8-13)21-16-11-6-12-4-2-3-5-15(12)18-17(16)19/h2-5,7-10,16H,6,11H2,1H3,(H,18,19). The molecule has 4 nitrogen and oxygen atoms in total. The maximum Gasteiger partial charge on any atom is 0.265 e. The predicted octanol–water partition coefficient (Wildman–Crippen LogP) is 3.03. The maximum absolute atomic E-state index is 12.2. The first-order valence-electron chi connectivity index (χ1n) is 6.96. The molecule has 1 unspecified atom stereocenters. The average Bonchev–Trinajstić information content (AvgIpc) is 2.67. The van der Waals surface area contributed by atoms with Crippen LogP contribution in [0.1, 0.15) is 12.0 Å². The summed E-state index contributed by atoms with van der Waals surface area (Å²) in [5, 5.41) is 2.93. The van der Waals surface area contributed by atoms with E-state index >= 15 is 0 Å². The molecule has 21 heavy (non-hydrogen) atoms. The topological polar surface area (TPSA) is 47.6 Å². The van der Waals surface area contributed by atoms with Crippen LogP contribution in [0.15, 0.2) is 48.5 Å². The van der Waals surface area contributed by atoms with Crippen LogP contribution in [0.5, 0.6) is 11.5 Å². The number of ether oxygens (including phenoxy) is 2. The van der Waals surface area contributed by atoms with Crippen molar-refractivity contribution in [3.63, 3.8) is 0 Å². The van der Waals surface area contributed by atoms with Gasteiger partial charge in [0.25, 0.3) is 5.91 Å². The Morgan fingerprint density at radius 3 is 2.52 bits per heavy atom. The molecule has 0 saturated heterocycles. The molecular weight excluding hydrogens is 266 g/mol. The van der Waals surface area contributed by atoms with Gasteiger partial charge in [0.2, 0.25) is 0 Å². The summed E-state index contributed by atoms with van der Waals surface area (Å²) in [7, 11) is 1.62. The van der Waals surface area contributed by atoms with Crippen molar-refractivity contribution in [2.24, 2.45) is 0 Å². The highest BCUT2D eigenvalue weighted by Gasteiger charge is 2.24. The van der Waals surface area contributed by atoms with Crippen LogP contribution in [-0.2, 0) is 11.2 Å². The number of methoxy groups -OCH3 is 1. The molecule has 1 heterocycles. The Morgan fingerprint density at radius 1 is 1.05 bits per heavy atom. The Labute approximate surface area is 123 Å². The molecule has 0 spiro atoms. The molecule has 1 aliphatic heterocycles. The molecule has 3 rings (SSSR count). The fourth-order valence-corrected chi connectivity index (χ4v) is 2.42. The summed E-state index contributed by atoms with van der Waals surface area (Å²) < 4.78 is 10.9. The minimum absolute atomic E-state index is 0.101. The molecule has 0 saturated carbocycles. The summed E-state index contributed by atoms with van der Waals surface area (Å²) in [5.41, 5.74) is 2.02. The molecule has 1 N–H and O–H groups in total. The van der Waals surface area contributed by atoms with E-state index in [1.165, 1.54) is 0 Å². The van der Waals surface area contributed by atoms with Gasteiger partial charge in [0, 0.05) is 5.69 Å². The van der Waals surface area contributed by atoms with E-state index in [2.05, 4.69) is 5.32 Å². The zero-order chi connectivity index (χ0) is 14.7. The fraction of sp³-hybridized carbons (Fsp3) is 0.235. The second-order valence-corrected chi connectivity index (χ2v) is 4.97. The molecule has 0 aliphatic carbocycles. The molecule has 2 aromatic rings. The molecule has 108 valence electrons. The highest BCUT2D eigenvalue weighted by Crippen LogP contribution is 2.25. The van der Waals surface area contributed by atoms with E-state index in [1.807, 2.05) is 48.5 Å². The lowest BCUT2D eigenvalue weighted by Crippen LogP contribution is -2.31. The van der Waals surface area contributed by atoms with Crippen molar-refractivity contribution in [1.82, 2.24) is 0 Å². The maximum atomic E-state index is 12.2. The van der Waals surface area contributed by atoms with E-state index in [4.69, 9.17) is 9.47 Å². The van der Waals surface area contributed by atoms with Crippen LogP contribution in [0.3, 0.4) is 0 Å². The summed E-state index contributed by atoms with van der Waals surface area (Å²) in [6.07, 6.45) is 0.996. The number of anilines is 1. The molecule has 0 fully saturated rings. The van der Waals surface area contributed by atoms with Crippen LogP contribution in [0.25, 0.3) is 0 Å². The van der Waals surface area contributed by atoms with E-state index in [1.54, 1.807) is 7.11 Å². The van der Waals surface area contributed by atoms with Crippen LogP contribution in [0, 0.1) is 0 Å². The van der Waals surface area contributed by atoms with Crippen LogP contribution in [0.2, 0.25) is 0 Å². The summed E-state index contributed by atoms with van der Waals surface area (Å²) in [6.45, 7) is 0. The molecule has 1 atom stereocenters. The Morgan fingerprint density at radius 2 is 1.76 bits per heavy atom. The molecule has 0 bridgehead atoms. The zero-order valence-corrected chi connectivity index (χ0v) is 11.8. The fourth-order valence-electron chi connectivity index (χ4n) is 2.42. The van der Waals surface area contributed by atoms with Crippen molar-refractivity contribution < 1.29 is 14.3 Å². The molecule has 2 aromatic carbocycles. The molecule has 0 aromatic heterocycles. The lowest BCUT2D eigenvalue weighted by atomic mass is 10.1. The summed E-state index contributed by atoms with van der Waals surface area (Å²) >= 11 is 0. The van der Waals surface area contributed by atoms with Gasteiger partial charge in [-0.2, -0.15) is 0 Å². The third-order valence-corrected chi connectivity index (χ3v) is 3.58. The van der Waals surface area contributed by atoms with Gasteiger partial charge in [0.1, 0.15) is 11.5 Å². The number of amides is 1. The van der Waals surface area contributed by atoms with Gasteiger partial charge in [-0.05, 0) is 48.7 Å². The minimum atomic E-state index is -0.481. The second-order valence-electron chi connectivity index (χ2n) is 4.97. The van der Waals surface area contributed by atoms with E-state index in [0.717, 1.165) is 23.4 Å². The van der Waals surface area contributed by atoms with Gasteiger partial charge in [-0.1, -0.05) is 18.2 Å². The summed E-state index contributed by atoms with van der Waals surface area (Å²) in [4.78, 5) is 12.2. The number of fused-ring (bicyclic) bond motifs is 1. The average molecular weight is 283 g/mol. The number of aryl methyl sites for hydroxylation is 1. The summed E-state index contributed by atoms with van der Waals surface area (Å²) in [5.74, 6) is 1.33. The largest absolute Gasteiger partial charge is 0.497 e. The molecule has 1 aliphatic rings. The van der Waals surface area contributed by atoms with Crippen LogP contribution in [0.4, 0.5) is 5.69 Å². The highest BCUT2D eigenvalue weighted by molar-refractivity contribution is 5.95. The molecule has 4 heteroatoms.